The summed E-state index contributed by atoms with van der Waals surface area (Å²) in [5.41, 5.74) is 5.40. The predicted octanol–water partition coefficient (Wildman–Crippen LogP) is 4.55. The van der Waals surface area contributed by atoms with Crippen molar-refractivity contribution in [2.24, 2.45) is 0 Å². The molecule has 114 valence electrons. The smallest absolute Gasteiger partial charge is 0.543 e. The van der Waals surface area contributed by atoms with Gasteiger partial charge in [-0.05, 0) is 30.3 Å². The molecule has 0 saturated carbocycles. The van der Waals surface area contributed by atoms with Crippen LogP contribution in [0.3, 0.4) is 0 Å². The minimum atomic E-state index is -4.77. The number of hydrogen-bond acceptors (Lipinski definition) is 3. The van der Waals surface area contributed by atoms with E-state index in [0.717, 1.165) is 0 Å². The number of hydrogen-bond donors (Lipinski definition) is 1. The average molecular weight is 307 g/mol. The zero-order valence-electron chi connectivity index (χ0n) is 12.3. The van der Waals surface area contributed by atoms with Crippen molar-refractivity contribution in [3.8, 4) is 11.5 Å². The van der Waals surface area contributed by atoms with Crippen LogP contribution in [0.15, 0.2) is 18.2 Å². The first-order valence-electron chi connectivity index (χ1n) is 6.16. The van der Waals surface area contributed by atoms with Crippen LogP contribution in [0.5, 0.6) is 11.5 Å². The summed E-state index contributed by atoms with van der Waals surface area (Å²) in [4.78, 5) is 0. The lowest BCUT2D eigenvalue weighted by molar-refractivity contribution is -0.274. The lowest BCUT2D eigenvalue weighted by Gasteiger charge is -2.36. The van der Waals surface area contributed by atoms with E-state index in [0.29, 0.717) is 5.75 Å². The van der Waals surface area contributed by atoms with Gasteiger partial charge in [0.05, 0.1) is 5.69 Å². The Morgan fingerprint density at radius 3 is 2.10 bits per heavy atom. The molecule has 7 heteroatoms. The Labute approximate surface area is 118 Å². The normalized spacial score (nSPS) is 13.2. The fourth-order valence-corrected chi connectivity index (χ4v) is 2.26. The minimum absolute atomic E-state index is 0.0561. The first-order valence-corrected chi connectivity index (χ1v) is 9.07. The molecule has 0 heterocycles. The average Bonchev–Trinajstić information content (AvgIpc) is 2.18. The van der Waals surface area contributed by atoms with Crippen molar-refractivity contribution in [2.45, 2.75) is 45.3 Å². The topological polar surface area (TPSA) is 44.5 Å². The monoisotopic (exact) mass is 307 g/mol. The highest BCUT2D eigenvalue weighted by molar-refractivity contribution is 6.74. The van der Waals surface area contributed by atoms with E-state index >= 15 is 0 Å². The van der Waals surface area contributed by atoms with E-state index in [1.54, 1.807) is 6.07 Å². The quantitative estimate of drug-likeness (QED) is 0.658. The first-order chi connectivity index (χ1) is 8.82. The highest BCUT2D eigenvalue weighted by Crippen LogP contribution is 2.39. The maximum absolute atomic E-state index is 12.3. The van der Waals surface area contributed by atoms with Crippen LogP contribution in [0.4, 0.5) is 18.9 Å². The molecule has 0 bridgehead atoms. The standard InChI is InChI=1S/C13H20F3NO2Si/c1-12(2,3)20(4,5)19-9-6-7-10(17)11(8-9)18-13(14,15)16/h6-8H,17H2,1-5H3. The third-order valence-electron chi connectivity index (χ3n) is 3.39. The maximum atomic E-state index is 12.3. The van der Waals surface area contributed by atoms with Gasteiger partial charge < -0.3 is 14.9 Å². The number of rotatable bonds is 3. The maximum Gasteiger partial charge on any atom is 0.573 e. The number of ether oxygens (including phenoxy) is 1. The molecule has 1 aromatic rings. The fourth-order valence-electron chi connectivity index (χ4n) is 1.24. The molecule has 0 aliphatic rings. The number of anilines is 1. The number of nitrogens with two attached hydrogens (primary N) is 1. The van der Waals surface area contributed by atoms with Crippen molar-refractivity contribution in [2.75, 3.05) is 5.73 Å². The second-order valence-electron chi connectivity index (χ2n) is 6.11. The van der Waals surface area contributed by atoms with E-state index in [1.165, 1.54) is 12.1 Å². The molecular formula is C13H20F3NO2Si. The molecule has 1 rings (SSSR count). The third kappa shape index (κ3) is 4.33. The van der Waals surface area contributed by atoms with Crippen molar-refractivity contribution in [3.05, 3.63) is 18.2 Å². The molecule has 20 heavy (non-hydrogen) atoms. The van der Waals surface area contributed by atoms with Gasteiger partial charge in [0, 0.05) is 6.07 Å². The molecule has 0 saturated heterocycles. The lowest BCUT2D eigenvalue weighted by atomic mass is 10.2. The van der Waals surface area contributed by atoms with Crippen LogP contribution in [0.2, 0.25) is 18.1 Å². The van der Waals surface area contributed by atoms with E-state index in [2.05, 4.69) is 4.74 Å². The second kappa shape index (κ2) is 5.20. The van der Waals surface area contributed by atoms with E-state index in [-0.39, 0.29) is 10.7 Å². The van der Waals surface area contributed by atoms with Gasteiger partial charge in [-0.1, -0.05) is 20.8 Å². The molecule has 0 spiro atoms. The molecule has 0 fully saturated rings. The van der Waals surface area contributed by atoms with Crippen LogP contribution in [0, 0.1) is 0 Å². The fraction of sp³-hybridized carbons (Fsp3) is 0.538. The van der Waals surface area contributed by atoms with Crippen LogP contribution in [0.25, 0.3) is 0 Å². The van der Waals surface area contributed by atoms with Gasteiger partial charge in [0.1, 0.15) is 5.75 Å². The molecule has 0 amide bonds. The van der Waals surface area contributed by atoms with Crippen molar-refractivity contribution >= 4 is 14.0 Å². The van der Waals surface area contributed by atoms with Crippen LogP contribution in [-0.4, -0.2) is 14.7 Å². The van der Waals surface area contributed by atoms with Crippen molar-refractivity contribution in [1.29, 1.82) is 0 Å². The number of alkyl halides is 3. The molecule has 3 nitrogen and oxygen atoms in total. The Bertz CT molecular complexity index is 481. The third-order valence-corrected chi connectivity index (χ3v) is 7.75. The summed E-state index contributed by atoms with van der Waals surface area (Å²) in [6, 6.07) is 4.09. The van der Waals surface area contributed by atoms with E-state index < -0.39 is 20.4 Å². The molecule has 2 N–H and O–H groups in total. The summed E-state index contributed by atoms with van der Waals surface area (Å²) in [6.45, 7) is 10.2. The van der Waals surface area contributed by atoms with Gasteiger partial charge in [0.2, 0.25) is 8.32 Å². The Hall–Kier alpha value is -1.37. The Balaban J connectivity index is 3.02. The summed E-state index contributed by atoms with van der Waals surface area (Å²) in [5, 5.41) is -0.0561. The Morgan fingerprint density at radius 1 is 1.10 bits per heavy atom. The summed E-state index contributed by atoms with van der Waals surface area (Å²) < 4.78 is 46.6. The van der Waals surface area contributed by atoms with Crippen molar-refractivity contribution in [3.63, 3.8) is 0 Å². The summed E-state index contributed by atoms with van der Waals surface area (Å²) in [7, 11) is -2.12. The molecule has 0 unspecified atom stereocenters. The molecule has 0 radical (unpaired) electrons. The highest BCUT2D eigenvalue weighted by Gasteiger charge is 2.39. The van der Waals surface area contributed by atoms with E-state index in [1.807, 2.05) is 33.9 Å². The minimum Gasteiger partial charge on any atom is -0.543 e. The predicted molar refractivity (Wildman–Crippen MR) is 75.4 cm³/mol. The van der Waals surface area contributed by atoms with Crippen LogP contribution >= 0.6 is 0 Å². The van der Waals surface area contributed by atoms with Gasteiger partial charge in [0.25, 0.3) is 0 Å². The van der Waals surface area contributed by atoms with Gasteiger partial charge in [-0.25, -0.2) is 0 Å². The van der Waals surface area contributed by atoms with Crippen LogP contribution < -0.4 is 14.9 Å². The zero-order chi connectivity index (χ0) is 15.8. The second-order valence-corrected chi connectivity index (χ2v) is 10.8. The number of benzene rings is 1. The van der Waals surface area contributed by atoms with E-state index in [9.17, 15) is 13.2 Å². The highest BCUT2D eigenvalue weighted by atomic mass is 28.4. The van der Waals surface area contributed by atoms with Gasteiger partial charge in [-0.3, -0.25) is 0 Å². The van der Waals surface area contributed by atoms with Gasteiger partial charge >= 0.3 is 6.36 Å². The SMILES string of the molecule is CC(C)(C)[Si](C)(C)Oc1ccc(N)c(OC(F)(F)F)c1. The summed E-state index contributed by atoms with van der Waals surface area (Å²) >= 11 is 0. The van der Waals surface area contributed by atoms with Crippen molar-refractivity contribution in [1.82, 2.24) is 0 Å². The Kier molecular flexibility index (Phi) is 4.33. The zero-order valence-corrected chi connectivity index (χ0v) is 13.3. The van der Waals surface area contributed by atoms with Crippen LogP contribution in [-0.2, 0) is 0 Å². The molecule has 1 aromatic carbocycles. The molecular weight excluding hydrogens is 287 g/mol. The van der Waals surface area contributed by atoms with Gasteiger partial charge in [-0.2, -0.15) is 0 Å². The van der Waals surface area contributed by atoms with Crippen LogP contribution in [0.1, 0.15) is 20.8 Å². The largest absolute Gasteiger partial charge is 0.573 e. The number of halogens is 3. The molecule has 0 aromatic heterocycles. The molecule has 0 aliphatic heterocycles. The Morgan fingerprint density at radius 2 is 1.65 bits per heavy atom. The number of nitrogen functional groups attached to an aromatic ring is 1. The van der Waals surface area contributed by atoms with Gasteiger partial charge in [-0.15, -0.1) is 13.2 Å². The first kappa shape index (κ1) is 16.7. The van der Waals surface area contributed by atoms with Crippen molar-refractivity contribution < 1.29 is 22.3 Å². The summed E-state index contributed by atoms with van der Waals surface area (Å²) in [6.07, 6.45) is -4.77. The molecule has 0 atom stereocenters. The lowest BCUT2D eigenvalue weighted by Crippen LogP contribution is -2.43. The molecule has 0 aliphatic carbocycles. The van der Waals surface area contributed by atoms with Gasteiger partial charge in [0.15, 0.2) is 5.75 Å². The summed E-state index contributed by atoms with van der Waals surface area (Å²) in [5.74, 6) is -0.0984. The van der Waals surface area contributed by atoms with E-state index in [4.69, 9.17) is 10.2 Å².